The number of hydrogen-bond donors (Lipinski definition) is 2. The highest BCUT2D eigenvalue weighted by Gasteiger charge is 2.20. The van der Waals surface area contributed by atoms with E-state index in [2.05, 4.69) is 34.5 Å². The number of carbonyl (C=O) groups is 1. The Morgan fingerprint density at radius 2 is 2.08 bits per heavy atom. The number of piperidine rings is 1. The molecule has 0 aromatic heterocycles. The lowest BCUT2D eigenvalue weighted by molar-refractivity contribution is -0.132. The van der Waals surface area contributed by atoms with Crippen molar-refractivity contribution in [1.82, 2.24) is 20.4 Å². The van der Waals surface area contributed by atoms with Crippen LogP contribution in [-0.4, -0.2) is 88.7 Å². The molecule has 0 saturated carbocycles. The molecule has 0 radical (unpaired) electrons. The van der Waals surface area contributed by atoms with E-state index in [4.69, 9.17) is 4.74 Å². The molecule has 7 heteroatoms. The third kappa shape index (κ3) is 9.65. The van der Waals surface area contributed by atoms with Gasteiger partial charge in [0.15, 0.2) is 5.96 Å². The molecular weight excluding hydrogens is 318 g/mol. The van der Waals surface area contributed by atoms with Crippen LogP contribution in [0.1, 0.15) is 32.6 Å². The molecular formula is C18H37N5O2. The number of likely N-dealkylation sites (tertiary alicyclic amines) is 1. The van der Waals surface area contributed by atoms with Gasteiger partial charge in [-0.1, -0.05) is 6.92 Å². The van der Waals surface area contributed by atoms with Crippen molar-refractivity contribution < 1.29 is 9.53 Å². The normalized spacial score (nSPS) is 18.5. The van der Waals surface area contributed by atoms with Crippen LogP contribution in [0.15, 0.2) is 4.99 Å². The predicted octanol–water partition coefficient (Wildman–Crippen LogP) is 0.768. The number of hydrogen-bond acceptors (Lipinski definition) is 4. The molecule has 1 atom stereocenters. The van der Waals surface area contributed by atoms with Gasteiger partial charge in [0.25, 0.3) is 0 Å². The fourth-order valence-electron chi connectivity index (χ4n) is 3.04. The summed E-state index contributed by atoms with van der Waals surface area (Å²) in [6.45, 7) is 8.22. The quantitative estimate of drug-likeness (QED) is 0.344. The second-order valence-corrected chi connectivity index (χ2v) is 6.91. The first kappa shape index (κ1) is 21.7. The summed E-state index contributed by atoms with van der Waals surface area (Å²) in [5, 5.41) is 6.52. The van der Waals surface area contributed by atoms with Crippen molar-refractivity contribution in [3.63, 3.8) is 0 Å². The third-order valence-electron chi connectivity index (χ3n) is 4.54. The van der Waals surface area contributed by atoms with Crippen molar-refractivity contribution >= 4 is 11.9 Å². The molecule has 1 heterocycles. The van der Waals surface area contributed by atoms with Crippen molar-refractivity contribution in [2.24, 2.45) is 10.9 Å². The van der Waals surface area contributed by atoms with Gasteiger partial charge in [-0.3, -0.25) is 9.79 Å². The Bertz CT molecular complexity index is 403. The number of methoxy groups -OCH3 is 1. The number of nitrogens with one attached hydrogen (secondary N) is 2. The number of nitrogens with zero attached hydrogens (tertiary/aromatic N) is 3. The SMILES string of the molecule is CN=C(NCCC(=O)N1CCCC(C)C1)NCCN(C)CCCOC. The van der Waals surface area contributed by atoms with Crippen molar-refractivity contribution in [3.8, 4) is 0 Å². The predicted molar refractivity (Wildman–Crippen MR) is 103 cm³/mol. The molecule has 1 saturated heterocycles. The maximum Gasteiger partial charge on any atom is 0.224 e. The fraction of sp³-hybridized carbons (Fsp3) is 0.889. The molecule has 1 unspecified atom stereocenters. The van der Waals surface area contributed by atoms with Gasteiger partial charge in [-0.25, -0.2) is 0 Å². The average molecular weight is 356 g/mol. The van der Waals surface area contributed by atoms with E-state index in [1.165, 1.54) is 6.42 Å². The molecule has 1 fully saturated rings. The molecule has 25 heavy (non-hydrogen) atoms. The van der Waals surface area contributed by atoms with Crippen LogP contribution in [0.25, 0.3) is 0 Å². The number of guanidine groups is 1. The van der Waals surface area contributed by atoms with Crippen molar-refractivity contribution in [3.05, 3.63) is 0 Å². The summed E-state index contributed by atoms with van der Waals surface area (Å²) in [6.07, 6.45) is 3.92. The largest absolute Gasteiger partial charge is 0.385 e. The number of amides is 1. The third-order valence-corrected chi connectivity index (χ3v) is 4.54. The minimum atomic E-state index is 0.243. The van der Waals surface area contributed by atoms with Crippen LogP contribution < -0.4 is 10.6 Å². The van der Waals surface area contributed by atoms with E-state index >= 15 is 0 Å². The molecule has 146 valence electrons. The van der Waals surface area contributed by atoms with E-state index in [9.17, 15) is 4.79 Å². The Labute approximate surface area is 153 Å². The smallest absolute Gasteiger partial charge is 0.224 e. The average Bonchev–Trinajstić information content (AvgIpc) is 2.60. The van der Waals surface area contributed by atoms with Crippen molar-refractivity contribution in [2.75, 3.05) is 67.1 Å². The fourth-order valence-corrected chi connectivity index (χ4v) is 3.04. The summed E-state index contributed by atoms with van der Waals surface area (Å²) >= 11 is 0. The molecule has 0 spiro atoms. The minimum absolute atomic E-state index is 0.243. The molecule has 1 rings (SSSR count). The van der Waals surface area contributed by atoms with E-state index in [0.717, 1.165) is 58.1 Å². The summed E-state index contributed by atoms with van der Waals surface area (Å²) in [4.78, 5) is 20.7. The van der Waals surface area contributed by atoms with Crippen LogP contribution >= 0.6 is 0 Å². The van der Waals surface area contributed by atoms with Crippen LogP contribution in [0.5, 0.6) is 0 Å². The molecule has 1 amide bonds. The topological polar surface area (TPSA) is 69.2 Å². The number of aliphatic imine (C=N–C) groups is 1. The standard InChI is InChI=1S/C18H37N5O2/c1-16-7-5-12-23(15-16)17(24)8-9-20-18(19-2)21-10-13-22(3)11-6-14-25-4/h16H,5-15H2,1-4H3,(H2,19,20,21). The molecule has 2 N–H and O–H groups in total. The Kier molecular flexibility index (Phi) is 11.2. The van der Waals surface area contributed by atoms with Crippen LogP contribution in [-0.2, 0) is 9.53 Å². The molecule has 0 aromatic carbocycles. The number of likely N-dealkylation sites (N-methyl/N-ethyl adjacent to an activating group) is 1. The zero-order valence-electron chi connectivity index (χ0n) is 16.5. The van der Waals surface area contributed by atoms with Gasteiger partial charge in [0.2, 0.25) is 5.91 Å². The zero-order valence-corrected chi connectivity index (χ0v) is 16.5. The molecule has 0 aromatic rings. The molecule has 0 aliphatic carbocycles. The van der Waals surface area contributed by atoms with Gasteiger partial charge in [-0.05, 0) is 32.2 Å². The number of carbonyl (C=O) groups excluding carboxylic acids is 1. The maximum atomic E-state index is 12.3. The Morgan fingerprint density at radius 1 is 1.32 bits per heavy atom. The Hall–Kier alpha value is -1.34. The molecule has 1 aliphatic heterocycles. The van der Waals surface area contributed by atoms with Crippen molar-refractivity contribution in [2.45, 2.75) is 32.6 Å². The first-order valence-corrected chi connectivity index (χ1v) is 9.46. The lowest BCUT2D eigenvalue weighted by Crippen LogP contribution is -2.44. The number of ether oxygens (including phenoxy) is 1. The van der Waals surface area contributed by atoms with Gasteiger partial charge < -0.3 is 25.2 Å². The summed E-state index contributed by atoms with van der Waals surface area (Å²) in [7, 11) is 5.59. The van der Waals surface area contributed by atoms with E-state index in [0.29, 0.717) is 18.9 Å². The Morgan fingerprint density at radius 3 is 2.76 bits per heavy atom. The van der Waals surface area contributed by atoms with Crippen LogP contribution in [0, 0.1) is 5.92 Å². The zero-order chi connectivity index (χ0) is 18.5. The summed E-state index contributed by atoms with van der Waals surface area (Å²) in [6, 6.07) is 0. The first-order chi connectivity index (χ1) is 12.1. The summed E-state index contributed by atoms with van der Waals surface area (Å²) in [5.74, 6) is 1.62. The Balaban J connectivity index is 2.14. The lowest BCUT2D eigenvalue weighted by atomic mass is 10.00. The van der Waals surface area contributed by atoms with Crippen LogP contribution in [0.3, 0.4) is 0 Å². The van der Waals surface area contributed by atoms with Gasteiger partial charge in [0.1, 0.15) is 0 Å². The first-order valence-electron chi connectivity index (χ1n) is 9.46. The summed E-state index contributed by atoms with van der Waals surface area (Å²) in [5.41, 5.74) is 0. The van der Waals surface area contributed by atoms with E-state index in [1.807, 2.05) is 4.90 Å². The summed E-state index contributed by atoms with van der Waals surface area (Å²) < 4.78 is 5.06. The lowest BCUT2D eigenvalue weighted by Gasteiger charge is -2.31. The molecule has 1 aliphatic rings. The molecule has 7 nitrogen and oxygen atoms in total. The number of rotatable bonds is 10. The maximum absolute atomic E-state index is 12.3. The van der Waals surface area contributed by atoms with Gasteiger partial charge in [-0.2, -0.15) is 0 Å². The molecule has 0 bridgehead atoms. The highest BCUT2D eigenvalue weighted by Crippen LogP contribution is 2.15. The van der Waals surface area contributed by atoms with Gasteiger partial charge in [0.05, 0.1) is 0 Å². The van der Waals surface area contributed by atoms with Crippen LogP contribution in [0.4, 0.5) is 0 Å². The van der Waals surface area contributed by atoms with Crippen molar-refractivity contribution in [1.29, 1.82) is 0 Å². The van der Waals surface area contributed by atoms with E-state index in [-0.39, 0.29) is 5.91 Å². The minimum Gasteiger partial charge on any atom is -0.385 e. The van der Waals surface area contributed by atoms with Crippen LogP contribution in [0.2, 0.25) is 0 Å². The van der Waals surface area contributed by atoms with Gasteiger partial charge in [-0.15, -0.1) is 0 Å². The van der Waals surface area contributed by atoms with E-state index in [1.54, 1.807) is 14.2 Å². The monoisotopic (exact) mass is 355 g/mol. The second kappa shape index (κ2) is 12.9. The van der Waals surface area contributed by atoms with E-state index < -0.39 is 0 Å². The second-order valence-electron chi connectivity index (χ2n) is 6.91. The van der Waals surface area contributed by atoms with Gasteiger partial charge >= 0.3 is 0 Å². The van der Waals surface area contributed by atoms with Gasteiger partial charge in [0, 0.05) is 66.5 Å². The highest BCUT2D eigenvalue weighted by molar-refractivity contribution is 5.81. The highest BCUT2D eigenvalue weighted by atomic mass is 16.5.